The van der Waals surface area contributed by atoms with Crippen LogP contribution in [0.2, 0.25) is 0 Å². The summed E-state index contributed by atoms with van der Waals surface area (Å²) >= 11 is 1.29. The monoisotopic (exact) mass is 630 g/mol. The molecule has 8 nitrogen and oxygen atoms in total. The van der Waals surface area contributed by atoms with Gasteiger partial charge in [-0.15, -0.1) is 11.8 Å². The fourth-order valence-electron chi connectivity index (χ4n) is 6.34. The number of thioether (sulfide) groups is 1. The van der Waals surface area contributed by atoms with Crippen molar-refractivity contribution in [3.8, 4) is 16.9 Å². The molecule has 2 fully saturated rings. The lowest BCUT2D eigenvalue weighted by molar-refractivity contribution is -0.126. The number of pyridine rings is 2. The Hall–Kier alpha value is -4.12. The molecule has 1 saturated carbocycles. The summed E-state index contributed by atoms with van der Waals surface area (Å²) in [5.41, 5.74) is 1.48. The minimum Gasteiger partial charge on any atom is -0.349 e. The molecule has 2 aliphatic rings. The average molecular weight is 631 g/mol. The van der Waals surface area contributed by atoms with Crippen LogP contribution >= 0.6 is 11.8 Å². The number of anilines is 1. The van der Waals surface area contributed by atoms with Crippen LogP contribution in [0.3, 0.4) is 0 Å². The smallest absolute Gasteiger partial charge is 0.349 e. The molecule has 0 bridgehead atoms. The number of carbonyl (C=O) groups is 1. The highest BCUT2D eigenvalue weighted by Gasteiger charge is 2.41. The molecule has 1 aliphatic carbocycles. The molecule has 1 saturated heterocycles. The number of aromatic nitrogens is 4. The molecule has 45 heavy (non-hydrogen) atoms. The van der Waals surface area contributed by atoms with Crippen molar-refractivity contribution in [3.05, 3.63) is 82.6 Å². The molecule has 4 aromatic rings. The second-order valence-corrected chi connectivity index (χ2v) is 13.0. The number of benzene rings is 1. The molecular formula is C34H36F2N6O2S. The number of rotatable bonds is 8. The SMILES string of the molecule is C=CC(=O)N1CCN(c2nc(=O)n(-c3c(C)ccnc3CC(C)C)c3nc(-c4c(F)cccc4SC)c(F)cc23)C(C2CC2)C1. The molecule has 6 rings (SSSR count). The van der Waals surface area contributed by atoms with Gasteiger partial charge < -0.3 is 9.80 Å². The topological polar surface area (TPSA) is 84.2 Å². The van der Waals surface area contributed by atoms with E-state index in [1.807, 2.05) is 17.9 Å². The highest BCUT2D eigenvalue weighted by atomic mass is 32.2. The summed E-state index contributed by atoms with van der Waals surface area (Å²) in [6.07, 6.45) is 7.38. The van der Waals surface area contributed by atoms with Gasteiger partial charge in [0.05, 0.1) is 28.4 Å². The Morgan fingerprint density at radius 3 is 2.62 bits per heavy atom. The van der Waals surface area contributed by atoms with Crippen molar-refractivity contribution >= 4 is 34.5 Å². The third-order valence-electron chi connectivity index (χ3n) is 8.60. The zero-order valence-electron chi connectivity index (χ0n) is 25.9. The van der Waals surface area contributed by atoms with Crippen molar-refractivity contribution in [3.63, 3.8) is 0 Å². The van der Waals surface area contributed by atoms with Gasteiger partial charge in [-0.1, -0.05) is 26.5 Å². The average Bonchev–Trinajstić information content (AvgIpc) is 3.86. The molecule has 3 aromatic heterocycles. The third-order valence-corrected chi connectivity index (χ3v) is 9.38. The first kappa shape index (κ1) is 30.9. The minimum atomic E-state index is -0.718. The normalized spacial score (nSPS) is 16.9. The van der Waals surface area contributed by atoms with E-state index in [2.05, 4.69) is 30.4 Å². The van der Waals surface area contributed by atoms with E-state index in [4.69, 9.17) is 4.98 Å². The highest BCUT2D eigenvalue weighted by molar-refractivity contribution is 7.98. The molecule has 1 unspecified atom stereocenters. The maximum Gasteiger partial charge on any atom is 0.355 e. The summed E-state index contributed by atoms with van der Waals surface area (Å²) in [7, 11) is 0. The lowest BCUT2D eigenvalue weighted by Crippen LogP contribution is -2.56. The molecule has 0 N–H and O–H groups in total. The van der Waals surface area contributed by atoms with Crippen LogP contribution in [0.4, 0.5) is 14.6 Å². The van der Waals surface area contributed by atoms with Crippen molar-refractivity contribution in [2.45, 2.75) is 51.0 Å². The number of halogens is 2. The van der Waals surface area contributed by atoms with E-state index in [0.717, 1.165) is 18.4 Å². The van der Waals surface area contributed by atoms with Crippen molar-refractivity contribution in [2.24, 2.45) is 11.8 Å². The van der Waals surface area contributed by atoms with Gasteiger partial charge in [0.25, 0.3) is 0 Å². The van der Waals surface area contributed by atoms with Crippen LogP contribution in [0.1, 0.15) is 37.9 Å². The molecule has 1 aliphatic heterocycles. The fourth-order valence-corrected chi connectivity index (χ4v) is 6.95. The summed E-state index contributed by atoms with van der Waals surface area (Å²) in [5, 5.41) is 0.339. The first-order valence-electron chi connectivity index (χ1n) is 15.2. The van der Waals surface area contributed by atoms with Crippen LogP contribution in [0.15, 0.2) is 58.9 Å². The zero-order valence-corrected chi connectivity index (χ0v) is 26.7. The Bertz CT molecular complexity index is 1870. The van der Waals surface area contributed by atoms with Crippen molar-refractivity contribution in [1.29, 1.82) is 0 Å². The molecule has 1 aromatic carbocycles. The number of hydrogen-bond acceptors (Lipinski definition) is 7. The van der Waals surface area contributed by atoms with Gasteiger partial charge in [0.15, 0.2) is 11.5 Å². The quantitative estimate of drug-likeness (QED) is 0.175. The lowest BCUT2D eigenvalue weighted by atomic mass is 10.0. The van der Waals surface area contributed by atoms with Crippen LogP contribution in [0.5, 0.6) is 0 Å². The van der Waals surface area contributed by atoms with Crippen molar-refractivity contribution in [1.82, 2.24) is 24.4 Å². The number of fused-ring (bicyclic) bond motifs is 1. The maximum atomic E-state index is 16.2. The summed E-state index contributed by atoms with van der Waals surface area (Å²) in [4.78, 5) is 45.1. The molecule has 1 atom stereocenters. The van der Waals surface area contributed by atoms with Crippen LogP contribution in [0, 0.1) is 30.4 Å². The fraction of sp³-hybridized carbons (Fsp3) is 0.382. The summed E-state index contributed by atoms with van der Waals surface area (Å²) in [5.74, 6) is -0.606. The number of amides is 1. The Labute approximate surface area is 265 Å². The van der Waals surface area contributed by atoms with Gasteiger partial charge >= 0.3 is 5.69 Å². The van der Waals surface area contributed by atoms with E-state index >= 15 is 8.78 Å². The first-order chi connectivity index (χ1) is 21.6. The summed E-state index contributed by atoms with van der Waals surface area (Å²) < 4.78 is 33.0. The number of piperazine rings is 1. The molecule has 0 radical (unpaired) electrons. The van der Waals surface area contributed by atoms with E-state index in [0.29, 0.717) is 59.5 Å². The lowest BCUT2D eigenvalue weighted by Gasteiger charge is -2.42. The maximum absolute atomic E-state index is 16.2. The Kier molecular flexibility index (Phi) is 8.47. The van der Waals surface area contributed by atoms with E-state index in [1.165, 1.54) is 34.5 Å². The zero-order chi connectivity index (χ0) is 32.0. The first-order valence-corrected chi connectivity index (χ1v) is 16.4. The van der Waals surface area contributed by atoms with Crippen molar-refractivity contribution < 1.29 is 13.6 Å². The van der Waals surface area contributed by atoms with Gasteiger partial charge in [-0.3, -0.25) is 9.78 Å². The highest BCUT2D eigenvalue weighted by Crippen LogP contribution is 2.41. The molecular weight excluding hydrogens is 594 g/mol. The number of aryl methyl sites for hydroxylation is 1. The van der Waals surface area contributed by atoms with Gasteiger partial charge in [0.1, 0.15) is 17.3 Å². The van der Waals surface area contributed by atoms with Crippen LogP contribution in [0.25, 0.3) is 28.0 Å². The van der Waals surface area contributed by atoms with Gasteiger partial charge in [-0.05, 0) is 80.2 Å². The van der Waals surface area contributed by atoms with Crippen LogP contribution in [-0.4, -0.2) is 62.3 Å². The van der Waals surface area contributed by atoms with Crippen LogP contribution in [-0.2, 0) is 11.2 Å². The van der Waals surface area contributed by atoms with E-state index in [1.54, 1.807) is 29.5 Å². The molecule has 11 heteroatoms. The molecule has 4 heterocycles. The number of carbonyl (C=O) groups excluding carboxylic acids is 1. The summed E-state index contributed by atoms with van der Waals surface area (Å²) in [6.45, 7) is 10.9. The number of hydrogen-bond donors (Lipinski definition) is 0. The van der Waals surface area contributed by atoms with E-state index in [9.17, 15) is 9.59 Å². The molecule has 0 spiro atoms. The van der Waals surface area contributed by atoms with E-state index in [-0.39, 0.29) is 34.8 Å². The van der Waals surface area contributed by atoms with Crippen molar-refractivity contribution in [2.75, 3.05) is 30.8 Å². The minimum absolute atomic E-state index is 0.0412. The standard InChI is InChI=1S/C34H36F2N6O2S/c1-6-28(43)40-14-15-41(26(18-40)21-10-11-21)32-22-17-24(36)30(29-23(35)8-7-9-27(29)45-5)38-33(22)42(34(44)39-32)31-20(4)12-13-37-25(31)16-19(2)3/h6-9,12-13,17,19,21,26H,1,10-11,14-16,18H2,2-5H3. The largest absolute Gasteiger partial charge is 0.355 e. The molecule has 234 valence electrons. The molecule has 1 amide bonds. The van der Waals surface area contributed by atoms with E-state index < -0.39 is 17.3 Å². The Balaban J connectivity index is 1.65. The second-order valence-electron chi connectivity index (χ2n) is 12.2. The third kappa shape index (κ3) is 5.74. The predicted octanol–water partition coefficient (Wildman–Crippen LogP) is 5.96. The second kappa shape index (κ2) is 12.3. The predicted molar refractivity (Wildman–Crippen MR) is 174 cm³/mol. The van der Waals surface area contributed by atoms with Crippen LogP contribution < -0.4 is 10.6 Å². The Morgan fingerprint density at radius 2 is 1.93 bits per heavy atom. The summed E-state index contributed by atoms with van der Waals surface area (Å²) in [6, 6.07) is 7.61. The Morgan fingerprint density at radius 1 is 1.16 bits per heavy atom. The van der Waals surface area contributed by atoms with Gasteiger partial charge in [0, 0.05) is 30.7 Å². The van der Waals surface area contributed by atoms with Gasteiger partial charge in [-0.2, -0.15) is 4.98 Å². The number of nitrogens with zero attached hydrogens (tertiary/aromatic N) is 6. The van der Waals surface area contributed by atoms with Gasteiger partial charge in [0.2, 0.25) is 5.91 Å². The van der Waals surface area contributed by atoms with Gasteiger partial charge in [-0.25, -0.2) is 23.1 Å².